The van der Waals surface area contributed by atoms with E-state index in [1.165, 1.54) is 0 Å². The van der Waals surface area contributed by atoms with E-state index in [1.54, 1.807) is 11.3 Å². The van der Waals surface area contributed by atoms with Gasteiger partial charge in [-0.1, -0.05) is 5.10 Å². The Morgan fingerprint density at radius 1 is 1.41 bits per heavy atom. The number of hydrogen-bond donors (Lipinski definition) is 2. The molecule has 92 valence electrons. The lowest BCUT2D eigenvalue weighted by Crippen LogP contribution is -2.05. The molecule has 0 aliphatic rings. The summed E-state index contributed by atoms with van der Waals surface area (Å²) in [5, 5.41) is 13.9. The number of nitrogens with two attached hydrogens (primary N) is 1. The van der Waals surface area contributed by atoms with E-state index in [-0.39, 0.29) is 0 Å². The Morgan fingerprint density at radius 3 is 3.00 bits per heavy atom. The number of aromatic nitrogens is 3. The minimum atomic E-state index is 0.445. The van der Waals surface area contributed by atoms with Crippen LogP contribution in [0, 0.1) is 6.92 Å². The number of thiazole rings is 1. The first-order valence-corrected chi connectivity index (χ1v) is 6.33. The highest BCUT2D eigenvalue weighted by Gasteiger charge is 2.04. The molecule has 0 amide bonds. The second-order valence-electron chi connectivity index (χ2n) is 3.57. The molecule has 6 nitrogen and oxygen atoms in total. The van der Waals surface area contributed by atoms with Gasteiger partial charge in [0.25, 0.3) is 0 Å². The molecule has 0 atom stereocenters. The number of rotatable bonds is 6. The van der Waals surface area contributed by atoms with Crippen molar-refractivity contribution in [3.05, 3.63) is 22.0 Å². The lowest BCUT2D eigenvalue weighted by molar-refractivity contribution is 0.506. The first kappa shape index (κ1) is 12.0. The Hall–Kier alpha value is -1.47. The normalized spacial score (nSPS) is 10.7. The molecule has 0 saturated carbocycles. The Kier molecular flexibility index (Phi) is 4.05. The monoisotopic (exact) mass is 253 g/mol. The molecule has 0 fully saturated rings. The predicted octanol–water partition coefficient (Wildman–Crippen LogP) is 0.990. The molecular formula is C10H15N5OS. The van der Waals surface area contributed by atoms with Crippen molar-refractivity contribution < 1.29 is 4.42 Å². The minimum absolute atomic E-state index is 0.445. The second kappa shape index (κ2) is 5.74. The van der Waals surface area contributed by atoms with Gasteiger partial charge in [-0.25, -0.2) is 4.98 Å². The fourth-order valence-corrected chi connectivity index (χ4v) is 2.02. The molecule has 0 aromatic carbocycles. The molecule has 0 bridgehead atoms. The summed E-state index contributed by atoms with van der Waals surface area (Å²) in [4.78, 5) is 4.37. The van der Waals surface area contributed by atoms with Crippen molar-refractivity contribution >= 4 is 17.4 Å². The summed E-state index contributed by atoms with van der Waals surface area (Å²) in [6.45, 7) is 3.24. The van der Waals surface area contributed by atoms with Crippen molar-refractivity contribution in [2.24, 2.45) is 5.73 Å². The van der Waals surface area contributed by atoms with Crippen LogP contribution in [0.15, 0.2) is 9.80 Å². The third kappa shape index (κ3) is 3.50. The fraction of sp³-hybridized carbons (Fsp3) is 0.500. The SMILES string of the molecule is Cc1nc(CCNc2nnc(CCN)o2)cs1. The summed E-state index contributed by atoms with van der Waals surface area (Å²) in [6, 6.07) is 0.445. The maximum atomic E-state index is 5.39. The van der Waals surface area contributed by atoms with Crippen molar-refractivity contribution in [1.29, 1.82) is 0 Å². The minimum Gasteiger partial charge on any atom is -0.408 e. The van der Waals surface area contributed by atoms with Gasteiger partial charge >= 0.3 is 6.01 Å². The van der Waals surface area contributed by atoms with Crippen LogP contribution in [0.2, 0.25) is 0 Å². The van der Waals surface area contributed by atoms with Gasteiger partial charge in [-0.3, -0.25) is 0 Å². The molecule has 17 heavy (non-hydrogen) atoms. The number of anilines is 1. The van der Waals surface area contributed by atoms with Crippen LogP contribution in [-0.4, -0.2) is 28.3 Å². The standard InChI is InChI=1S/C10H15N5OS/c1-7-13-8(6-17-7)3-5-12-10-15-14-9(16-10)2-4-11/h6H,2-5,11H2,1H3,(H,12,15). The average Bonchev–Trinajstić information content (AvgIpc) is 2.89. The van der Waals surface area contributed by atoms with Gasteiger partial charge < -0.3 is 15.5 Å². The van der Waals surface area contributed by atoms with E-state index in [4.69, 9.17) is 10.2 Å². The molecule has 2 rings (SSSR count). The Morgan fingerprint density at radius 2 is 2.29 bits per heavy atom. The number of nitrogens with zero attached hydrogens (tertiary/aromatic N) is 3. The molecule has 0 unspecified atom stereocenters. The smallest absolute Gasteiger partial charge is 0.315 e. The molecule has 2 aromatic rings. The highest BCUT2D eigenvalue weighted by atomic mass is 32.1. The van der Waals surface area contributed by atoms with Crippen LogP contribution in [-0.2, 0) is 12.8 Å². The molecule has 0 radical (unpaired) electrons. The molecule has 0 aliphatic heterocycles. The third-order valence-electron chi connectivity index (χ3n) is 2.15. The fourth-order valence-electron chi connectivity index (χ4n) is 1.37. The largest absolute Gasteiger partial charge is 0.408 e. The van der Waals surface area contributed by atoms with Crippen LogP contribution in [0.5, 0.6) is 0 Å². The van der Waals surface area contributed by atoms with E-state index in [2.05, 4.69) is 25.9 Å². The third-order valence-corrected chi connectivity index (χ3v) is 2.97. The Bertz CT molecular complexity index is 467. The Labute approximate surface area is 103 Å². The molecule has 0 aliphatic carbocycles. The van der Waals surface area contributed by atoms with Crippen LogP contribution in [0.25, 0.3) is 0 Å². The second-order valence-corrected chi connectivity index (χ2v) is 4.64. The first-order chi connectivity index (χ1) is 8.28. The van der Waals surface area contributed by atoms with Crippen LogP contribution in [0.1, 0.15) is 16.6 Å². The zero-order valence-electron chi connectivity index (χ0n) is 9.64. The summed E-state index contributed by atoms with van der Waals surface area (Å²) < 4.78 is 5.34. The van der Waals surface area contributed by atoms with Gasteiger partial charge in [-0.15, -0.1) is 16.4 Å². The van der Waals surface area contributed by atoms with E-state index >= 15 is 0 Å². The van der Waals surface area contributed by atoms with Gasteiger partial charge in [0.15, 0.2) is 0 Å². The molecule has 7 heteroatoms. The number of hydrogen-bond acceptors (Lipinski definition) is 7. The van der Waals surface area contributed by atoms with E-state index in [1.807, 2.05) is 6.92 Å². The highest BCUT2D eigenvalue weighted by molar-refractivity contribution is 7.09. The maximum Gasteiger partial charge on any atom is 0.315 e. The summed E-state index contributed by atoms with van der Waals surface area (Å²) in [5.74, 6) is 0.569. The van der Waals surface area contributed by atoms with E-state index in [9.17, 15) is 0 Å². The molecule has 2 heterocycles. The predicted molar refractivity (Wildman–Crippen MR) is 66.1 cm³/mol. The van der Waals surface area contributed by atoms with Gasteiger partial charge in [0, 0.05) is 31.3 Å². The van der Waals surface area contributed by atoms with Crippen LogP contribution >= 0.6 is 11.3 Å². The van der Waals surface area contributed by atoms with Crippen molar-refractivity contribution in [3.63, 3.8) is 0 Å². The topological polar surface area (TPSA) is 89.9 Å². The quantitative estimate of drug-likeness (QED) is 0.798. The van der Waals surface area contributed by atoms with Crippen molar-refractivity contribution in [2.45, 2.75) is 19.8 Å². The van der Waals surface area contributed by atoms with Crippen LogP contribution in [0.4, 0.5) is 6.01 Å². The van der Waals surface area contributed by atoms with Gasteiger partial charge in [0.05, 0.1) is 10.7 Å². The average molecular weight is 253 g/mol. The van der Waals surface area contributed by atoms with Crippen molar-refractivity contribution in [3.8, 4) is 0 Å². The molecule has 0 saturated heterocycles. The number of aryl methyl sites for hydroxylation is 1. The van der Waals surface area contributed by atoms with E-state index in [0.717, 1.165) is 23.7 Å². The molecular weight excluding hydrogens is 238 g/mol. The zero-order valence-corrected chi connectivity index (χ0v) is 10.5. The van der Waals surface area contributed by atoms with Gasteiger partial charge in [0.1, 0.15) is 0 Å². The zero-order chi connectivity index (χ0) is 12.1. The van der Waals surface area contributed by atoms with Gasteiger partial charge in [0.2, 0.25) is 5.89 Å². The van der Waals surface area contributed by atoms with Crippen molar-refractivity contribution in [1.82, 2.24) is 15.2 Å². The van der Waals surface area contributed by atoms with Crippen LogP contribution < -0.4 is 11.1 Å². The molecule has 3 N–H and O–H groups in total. The lowest BCUT2D eigenvalue weighted by Gasteiger charge is -1.98. The lowest BCUT2D eigenvalue weighted by atomic mass is 10.3. The summed E-state index contributed by atoms with van der Waals surface area (Å²) in [6.07, 6.45) is 1.46. The summed E-state index contributed by atoms with van der Waals surface area (Å²) in [7, 11) is 0. The summed E-state index contributed by atoms with van der Waals surface area (Å²) in [5.41, 5.74) is 6.48. The summed E-state index contributed by atoms with van der Waals surface area (Å²) >= 11 is 1.66. The van der Waals surface area contributed by atoms with Gasteiger partial charge in [-0.2, -0.15) is 0 Å². The number of nitrogens with one attached hydrogen (secondary N) is 1. The van der Waals surface area contributed by atoms with E-state index < -0.39 is 0 Å². The first-order valence-electron chi connectivity index (χ1n) is 5.45. The highest BCUT2D eigenvalue weighted by Crippen LogP contribution is 2.09. The van der Waals surface area contributed by atoms with Crippen molar-refractivity contribution in [2.75, 3.05) is 18.4 Å². The van der Waals surface area contributed by atoms with Gasteiger partial charge in [-0.05, 0) is 6.92 Å². The van der Waals surface area contributed by atoms with E-state index in [0.29, 0.717) is 24.9 Å². The molecule has 2 aromatic heterocycles. The maximum absolute atomic E-state index is 5.39. The molecule has 0 spiro atoms. The van der Waals surface area contributed by atoms with Crippen LogP contribution in [0.3, 0.4) is 0 Å². The Balaban J connectivity index is 1.77.